The molecular weight excluding hydrogens is 224 g/mol. The van der Waals surface area contributed by atoms with Crippen molar-refractivity contribution in [3.63, 3.8) is 0 Å². The maximum atomic E-state index is 11.4. The van der Waals surface area contributed by atoms with E-state index in [0.717, 1.165) is 10.2 Å². The Bertz CT molecular complexity index is 548. The monoisotopic (exact) mass is 236 g/mol. The summed E-state index contributed by atoms with van der Waals surface area (Å²) >= 11 is 1.31. The van der Waals surface area contributed by atoms with Gasteiger partial charge >= 0.3 is 0 Å². The average molecular weight is 236 g/mol. The molecule has 0 aliphatic rings. The Morgan fingerprint density at radius 3 is 3.00 bits per heavy atom. The van der Waals surface area contributed by atoms with Crippen molar-refractivity contribution < 1.29 is 9.53 Å². The number of nitrogens with zero attached hydrogens (tertiary/aromatic N) is 1. The first-order valence-corrected chi connectivity index (χ1v) is 5.77. The highest BCUT2D eigenvalue weighted by Gasteiger charge is 2.17. The second-order valence-electron chi connectivity index (χ2n) is 3.32. The van der Waals surface area contributed by atoms with Crippen molar-refractivity contribution in [1.82, 2.24) is 4.98 Å². The zero-order valence-corrected chi connectivity index (χ0v) is 9.93. The fourth-order valence-corrected chi connectivity index (χ4v) is 2.53. The van der Waals surface area contributed by atoms with Crippen molar-refractivity contribution in [2.75, 3.05) is 12.3 Å². The standard InChI is InChI=1S/C11H12N2O2S/c1-3-15-7-4-5-13-11-8(7)9(12)10(16-11)6(2)14/h4-5H,3,12H2,1-2H3. The van der Waals surface area contributed by atoms with E-state index >= 15 is 0 Å². The number of carbonyl (C=O) groups excluding carboxylic acids is 1. The fourth-order valence-electron chi connectivity index (χ4n) is 1.55. The molecule has 16 heavy (non-hydrogen) atoms. The first-order valence-electron chi connectivity index (χ1n) is 4.95. The summed E-state index contributed by atoms with van der Waals surface area (Å²) in [6, 6.07) is 1.76. The Kier molecular flexibility index (Phi) is 2.78. The van der Waals surface area contributed by atoms with Crippen molar-refractivity contribution in [3.8, 4) is 5.75 Å². The number of Topliss-reactive ketones (excluding diaryl/α,β-unsaturated/α-hetero) is 1. The van der Waals surface area contributed by atoms with Crippen molar-refractivity contribution in [2.45, 2.75) is 13.8 Å². The van der Waals surface area contributed by atoms with E-state index < -0.39 is 0 Å². The minimum Gasteiger partial charge on any atom is -0.493 e. The van der Waals surface area contributed by atoms with Crippen LogP contribution in [0.15, 0.2) is 12.3 Å². The number of thiophene rings is 1. The first-order chi connectivity index (χ1) is 7.65. The quantitative estimate of drug-likeness (QED) is 0.831. The van der Waals surface area contributed by atoms with Crippen molar-refractivity contribution in [3.05, 3.63) is 17.1 Å². The lowest BCUT2D eigenvalue weighted by atomic mass is 10.2. The maximum Gasteiger partial charge on any atom is 0.171 e. The lowest BCUT2D eigenvalue weighted by Gasteiger charge is -2.04. The van der Waals surface area contributed by atoms with Crippen LogP contribution in [-0.2, 0) is 0 Å². The van der Waals surface area contributed by atoms with Crippen molar-refractivity contribution >= 4 is 33.0 Å². The number of ether oxygens (including phenoxy) is 1. The van der Waals surface area contributed by atoms with Crippen LogP contribution in [0.2, 0.25) is 0 Å². The number of nitrogens with two attached hydrogens (primary N) is 1. The van der Waals surface area contributed by atoms with Crippen LogP contribution in [0.4, 0.5) is 5.69 Å². The maximum absolute atomic E-state index is 11.4. The molecule has 2 aromatic rings. The lowest BCUT2D eigenvalue weighted by Crippen LogP contribution is -1.96. The Hall–Kier alpha value is -1.62. The zero-order chi connectivity index (χ0) is 11.7. The van der Waals surface area contributed by atoms with E-state index in [2.05, 4.69) is 4.98 Å². The second kappa shape index (κ2) is 4.09. The van der Waals surface area contributed by atoms with Gasteiger partial charge in [0.05, 0.1) is 22.6 Å². The number of carbonyl (C=O) groups is 1. The Labute approximate surface area is 97.0 Å². The van der Waals surface area contributed by atoms with Crippen LogP contribution in [-0.4, -0.2) is 17.4 Å². The first kappa shape index (κ1) is 10.9. The molecule has 84 valence electrons. The average Bonchev–Trinajstić information content (AvgIpc) is 2.58. The highest BCUT2D eigenvalue weighted by molar-refractivity contribution is 7.21. The number of pyridine rings is 1. The highest BCUT2D eigenvalue weighted by atomic mass is 32.1. The molecule has 2 heterocycles. The van der Waals surface area contributed by atoms with E-state index in [9.17, 15) is 4.79 Å². The molecule has 0 unspecified atom stereocenters. The molecule has 2 rings (SSSR count). The molecule has 0 atom stereocenters. The number of ketones is 1. The van der Waals surface area contributed by atoms with Gasteiger partial charge in [-0.15, -0.1) is 11.3 Å². The summed E-state index contributed by atoms with van der Waals surface area (Å²) in [5.41, 5.74) is 6.42. The van der Waals surface area contributed by atoms with E-state index in [0.29, 0.717) is 22.9 Å². The number of rotatable bonds is 3. The van der Waals surface area contributed by atoms with Crippen molar-refractivity contribution in [1.29, 1.82) is 0 Å². The van der Waals surface area contributed by atoms with E-state index in [-0.39, 0.29) is 5.78 Å². The van der Waals surface area contributed by atoms with Crippen LogP contribution < -0.4 is 10.5 Å². The summed E-state index contributed by atoms with van der Waals surface area (Å²) in [6.45, 7) is 3.96. The smallest absolute Gasteiger partial charge is 0.171 e. The minimum atomic E-state index is -0.0389. The van der Waals surface area contributed by atoms with Crippen LogP contribution >= 0.6 is 11.3 Å². The molecule has 0 aromatic carbocycles. The zero-order valence-electron chi connectivity index (χ0n) is 9.11. The third kappa shape index (κ3) is 1.63. The molecule has 0 bridgehead atoms. The van der Waals surface area contributed by atoms with E-state index in [1.165, 1.54) is 18.3 Å². The second-order valence-corrected chi connectivity index (χ2v) is 4.32. The van der Waals surface area contributed by atoms with E-state index in [4.69, 9.17) is 10.5 Å². The molecule has 5 heteroatoms. The lowest BCUT2D eigenvalue weighted by molar-refractivity contribution is 0.102. The van der Waals surface area contributed by atoms with Gasteiger partial charge in [0, 0.05) is 13.1 Å². The number of anilines is 1. The van der Waals surface area contributed by atoms with Gasteiger partial charge in [-0.2, -0.15) is 0 Å². The minimum absolute atomic E-state index is 0.0389. The molecule has 2 N–H and O–H groups in total. The summed E-state index contributed by atoms with van der Waals surface area (Å²) in [5, 5.41) is 0.750. The summed E-state index contributed by atoms with van der Waals surface area (Å²) in [6.07, 6.45) is 1.66. The van der Waals surface area contributed by atoms with Gasteiger partial charge in [0.25, 0.3) is 0 Å². The third-order valence-electron chi connectivity index (χ3n) is 2.21. The van der Waals surface area contributed by atoms with Gasteiger partial charge in [0.15, 0.2) is 5.78 Å². The summed E-state index contributed by atoms with van der Waals surface area (Å²) in [4.78, 5) is 16.9. The molecule has 0 radical (unpaired) electrons. The predicted octanol–water partition coefficient (Wildman–Crippen LogP) is 2.48. The SMILES string of the molecule is CCOc1ccnc2sc(C(C)=O)c(N)c12. The Morgan fingerprint density at radius 2 is 2.38 bits per heavy atom. The van der Waals surface area contributed by atoms with Gasteiger partial charge in [-0.3, -0.25) is 4.79 Å². The number of nitrogen functional groups attached to an aromatic ring is 1. The van der Waals surface area contributed by atoms with Crippen LogP contribution in [0.25, 0.3) is 10.2 Å². The predicted molar refractivity (Wildman–Crippen MR) is 65.2 cm³/mol. The third-order valence-corrected chi connectivity index (χ3v) is 3.42. The summed E-state index contributed by atoms with van der Waals surface area (Å²) in [5.74, 6) is 0.650. The Balaban J connectivity index is 2.71. The number of hydrogen-bond donors (Lipinski definition) is 1. The molecule has 0 aliphatic carbocycles. The molecule has 0 saturated carbocycles. The van der Waals surface area contributed by atoms with Crippen molar-refractivity contribution in [2.24, 2.45) is 0 Å². The Morgan fingerprint density at radius 1 is 1.62 bits per heavy atom. The summed E-state index contributed by atoms with van der Waals surface area (Å²) < 4.78 is 5.47. The molecule has 0 aliphatic heterocycles. The normalized spacial score (nSPS) is 10.6. The van der Waals surface area contributed by atoms with Gasteiger partial charge in [-0.1, -0.05) is 0 Å². The molecule has 2 aromatic heterocycles. The molecule has 4 nitrogen and oxygen atoms in total. The van der Waals surface area contributed by atoms with Crippen LogP contribution in [0.3, 0.4) is 0 Å². The van der Waals surface area contributed by atoms with Crippen LogP contribution in [0.5, 0.6) is 5.75 Å². The topological polar surface area (TPSA) is 65.2 Å². The number of aromatic nitrogens is 1. The van der Waals surface area contributed by atoms with Gasteiger partial charge in [0.1, 0.15) is 10.6 Å². The van der Waals surface area contributed by atoms with Gasteiger partial charge in [0.2, 0.25) is 0 Å². The van der Waals surface area contributed by atoms with E-state index in [1.807, 2.05) is 6.92 Å². The number of hydrogen-bond acceptors (Lipinski definition) is 5. The number of fused-ring (bicyclic) bond motifs is 1. The molecule has 0 fully saturated rings. The largest absolute Gasteiger partial charge is 0.493 e. The summed E-state index contributed by atoms with van der Waals surface area (Å²) in [7, 11) is 0. The molecule has 0 saturated heterocycles. The van der Waals surface area contributed by atoms with Gasteiger partial charge < -0.3 is 10.5 Å². The molecule has 0 amide bonds. The van der Waals surface area contributed by atoms with E-state index in [1.54, 1.807) is 12.3 Å². The van der Waals surface area contributed by atoms with Crippen LogP contribution in [0, 0.1) is 0 Å². The fraction of sp³-hybridized carbons (Fsp3) is 0.273. The molecule has 0 spiro atoms. The van der Waals surface area contributed by atoms with Gasteiger partial charge in [-0.25, -0.2) is 4.98 Å². The highest BCUT2D eigenvalue weighted by Crippen LogP contribution is 2.38. The molecular formula is C11H12N2O2S. The van der Waals surface area contributed by atoms with Gasteiger partial charge in [-0.05, 0) is 13.0 Å². The van der Waals surface area contributed by atoms with Crippen LogP contribution in [0.1, 0.15) is 23.5 Å².